The topological polar surface area (TPSA) is 80.4 Å². The van der Waals surface area contributed by atoms with Gasteiger partial charge in [-0.15, -0.1) is 0 Å². The molecule has 1 rings (SSSR count). The summed E-state index contributed by atoms with van der Waals surface area (Å²) in [5.41, 5.74) is 5.46. The van der Waals surface area contributed by atoms with Crippen LogP contribution in [0.2, 0.25) is 0 Å². The zero-order chi connectivity index (χ0) is 13.9. The number of amides is 1. The molecule has 0 fully saturated rings. The summed E-state index contributed by atoms with van der Waals surface area (Å²) in [6.07, 6.45) is 0.309. The average Bonchev–Trinajstić information content (AvgIpc) is 2.24. The molecular weight excluding hydrogens is 237 g/mol. The number of benzene rings is 1. The number of carbonyl (C=O) groups is 2. The zero-order valence-electron chi connectivity index (χ0n) is 10.3. The number of hydrogen-bond donors (Lipinski definition) is 2. The SMILES string of the molecule is CC(C)C(Cc1ccc(C(=O)O)c(F)c1)C(N)=O. The first kappa shape index (κ1) is 14.2. The van der Waals surface area contributed by atoms with Crippen LogP contribution in [0.1, 0.15) is 29.8 Å². The van der Waals surface area contributed by atoms with E-state index in [0.29, 0.717) is 12.0 Å². The zero-order valence-corrected chi connectivity index (χ0v) is 10.3. The average molecular weight is 253 g/mol. The number of carboxylic acid groups (broad SMARTS) is 1. The van der Waals surface area contributed by atoms with Gasteiger partial charge in [0, 0.05) is 5.92 Å². The van der Waals surface area contributed by atoms with Gasteiger partial charge < -0.3 is 10.8 Å². The lowest BCUT2D eigenvalue weighted by Crippen LogP contribution is -2.29. The summed E-state index contributed by atoms with van der Waals surface area (Å²) >= 11 is 0. The summed E-state index contributed by atoms with van der Waals surface area (Å²) in [6, 6.07) is 3.85. The van der Waals surface area contributed by atoms with Gasteiger partial charge in [0.15, 0.2) is 0 Å². The van der Waals surface area contributed by atoms with Crippen LogP contribution in [-0.2, 0) is 11.2 Å². The van der Waals surface area contributed by atoms with Crippen LogP contribution in [0, 0.1) is 17.7 Å². The molecule has 0 radical (unpaired) electrons. The van der Waals surface area contributed by atoms with E-state index in [1.165, 1.54) is 12.1 Å². The van der Waals surface area contributed by atoms with E-state index in [9.17, 15) is 14.0 Å². The fraction of sp³-hybridized carbons (Fsp3) is 0.385. The van der Waals surface area contributed by atoms with Crippen LogP contribution in [0.15, 0.2) is 18.2 Å². The van der Waals surface area contributed by atoms with E-state index in [2.05, 4.69) is 0 Å². The second-order valence-corrected chi connectivity index (χ2v) is 4.58. The van der Waals surface area contributed by atoms with Crippen molar-refractivity contribution in [3.8, 4) is 0 Å². The van der Waals surface area contributed by atoms with Gasteiger partial charge in [-0.1, -0.05) is 19.9 Å². The van der Waals surface area contributed by atoms with E-state index < -0.39 is 17.7 Å². The van der Waals surface area contributed by atoms with Crippen molar-refractivity contribution < 1.29 is 19.1 Å². The molecule has 1 aromatic carbocycles. The fourth-order valence-corrected chi connectivity index (χ4v) is 1.78. The monoisotopic (exact) mass is 253 g/mol. The maximum absolute atomic E-state index is 13.5. The third-order valence-corrected chi connectivity index (χ3v) is 2.89. The summed E-state index contributed by atoms with van der Waals surface area (Å²) in [7, 11) is 0. The third kappa shape index (κ3) is 3.29. The molecule has 5 heteroatoms. The van der Waals surface area contributed by atoms with Gasteiger partial charge in [-0.25, -0.2) is 9.18 Å². The van der Waals surface area contributed by atoms with Crippen molar-refractivity contribution >= 4 is 11.9 Å². The highest BCUT2D eigenvalue weighted by Crippen LogP contribution is 2.19. The molecule has 0 aromatic heterocycles. The minimum Gasteiger partial charge on any atom is -0.478 e. The molecule has 0 aliphatic carbocycles. The smallest absolute Gasteiger partial charge is 0.338 e. The molecule has 3 N–H and O–H groups in total. The summed E-state index contributed by atoms with van der Waals surface area (Å²) in [5.74, 6) is -2.89. The Kier molecular flexibility index (Phi) is 4.42. The van der Waals surface area contributed by atoms with E-state index in [1.54, 1.807) is 0 Å². The Bertz CT molecular complexity index is 471. The highest BCUT2D eigenvalue weighted by atomic mass is 19.1. The van der Waals surface area contributed by atoms with Gasteiger partial charge in [0.1, 0.15) is 5.82 Å². The van der Waals surface area contributed by atoms with Crippen LogP contribution in [0.5, 0.6) is 0 Å². The van der Waals surface area contributed by atoms with Gasteiger partial charge in [-0.3, -0.25) is 4.79 Å². The van der Waals surface area contributed by atoms with Gasteiger partial charge >= 0.3 is 5.97 Å². The van der Waals surface area contributed by atoms with Crippen molar-refractivity contribution in [2.45, 2.75) is 20.3 Å². The van der Waals surface area contributed by atoms with E-state index in [-0.39, 0.29) is 17.4 Å². The Hall–Kier alpha value is -1.91. The number of carboxylic acids is 1. The first-order valence-electron chi connectivity index (χ1n) is 5.64. The molecule has 1 amide bonds. The molecule has 98 valence electrons. The maximum atomic E-state index is 13.5. The molecule has 18 heavy (non-hydrogen) atoms. The highest BCUT2D eigenvalue weighted by Gasteiger charge is 2.20. The Morgan fingerprint density at radius 1 is 1.39 bits per heavy atom. The normalized spacial score (nSPS) is 12.4. The molecule has 0 saturated heterocycles. The van der Waals surface area contributed by atoms with Gasteiger partial charge in [-0.05, 0) is 30.0 Å². The predicted octanol–water partition coefficient (Wildman–Crippen LogP) is 1.82. The molecule has 0 aliphatic rings. The van der Waals surface area contributed by atoms with Crippen molar-refractivity contribution in [1.82, 2.24) is 0 Å². The molecule has 0 heterocycles. The molecular formula is C13H16FNO3. The van der Waals surface area contributed by atoms with Gasteiger partial charge in [0.2, 0.25) is 5.91 Å². The van der Waals surface area contributed by atoms with Gasteiger partial charge in [0.25, 0.3) is 0 Å². The number of carbonyl (C=O) groups excluding carboxylic acids is 1. The van der Waals surface area contributed by atoms with E-state index in [4.69, 9.17) is 10.8 Å². The van der Waals surface area contributed by atoms with Crippen LogP contribution in [0.25, 0.3) is 0 Å². The first-order valence-corrected chi connectivity index (χ1v) is 5.64. The molecule has 0 aliphatic heterocycles. The van der Waals surface area contributed by atoms with Crippen molar-refractivity contribution in [2.75, 3.05) is 0 Å². The number of nitrogens with two attached hydrogens (primary N) is 1. The minimum absolute atomic E-state index is 0.0460. The molecule has 0 saturated carbocycles. The molecule has 4 nitrogen and oxygen atoms in total. The number of primary amides is 1. The quantitative estimate of drug-likeness (QED) is 0.840. The van der Waals surface area contributed by atoms with Crippen LogP contribution in [-0.4, -0.2) is 17.0 Å². The Morgan fingerprint density at radius 3 is 2.39 bits per heavy atom. The second kappa shape index (κ2) is 5.62. The molecule has 1 atom stereocenters. The standard InChI is InChI=1S/C13H16FNO3/c1-7(2)10(12(15)16)5-8-3-4-9(13(17)18)11(14)6-8/h3-4,6-7,10H,5H2,1-2H3,(H2,15,16)(H,17,18). The van der Waals surface area contributed by atoms with Crippen molar-refractivity contribution in [3.63, 3.8) is 0 Å². The molecule has 1 unspecified atom stereocenters. The van der Waals surface area contributed by atoms with Gasteiger partial charge in [0.05, 0.1) is 5.56 Å². The van der Waals surface area contributed by atoms with E-state index in [0.717, 1.165) is 6.07 Å². The molecule has 0 bridgehead atoms. The lowest BCUT2D eigenvalue weighted by atomic mass is 9.88. The van der Waals surface area contributed by atoms with Crippen molar-refractivity contribution in [2.24, 2.45) is 17.6 Å². The van der Waals surface area contributed by atoms with Crippen molar-refractivity contribution in [1.29, 1.82) is 0 Å². The number of hydrogen-bond acceptors (Lipinski definition) is 2. The Morgan fingerprint density at radius 2 is 2.00 bits per heavy atom. The number of aromatic carboxylic acids is 1. The summed E-state index contributed by atoms with van der Waals surface area (Å²) in [5, 5.41) is 8.70. The first-order chi connectivity index (χ1) is 8.32. The second-order valence-electron chi connectivity index (χ2n) is 4.58. The third-order valence-electron chi connectivity index (χ3n) is 2.89. The van der Waals surface area contributed by atoms with Gasteiger partial charge in [-0.2, -0.15) is 0 Å². The van der Waals surface area contributed by atoms with E-state index in [1.807, 2.05) is 13.8 Å². The molecule has 1 aromatic rings. The maximum Gasteiger partial charge on any atom is 0.338 e. The summed E-state index contributed by atoms with van der Waals surface area (Å²) < 4.78 is 13.5. The van der Waals surface area contributed by atoms with Crippen LogP contribution in [0.3, 0.4) is 0 Å². The number of rotatable bonds is 5. The minimum atomic E-state index is -1.31. The van der Waals surface area contributed by atoms with Crippen molar-refractivity contribution in [3.05, 3.63) is 35.1 Å². The largest absolute Gasteiger partial charge is 0.478 e. The number of halogens is 1. The summed E-state index contributed by atoms with van der Waals surface area (Å²) in [4.78, 5) is 21.9. The van der Waals surface area contributed by atoms with Crippen LogP contribution in [0.4, 0.5) is 4.39 Å². The molecule has 0 spiro atoms. The highest BCUT2D eigenvalue weighted by molar-refractivity contribution is 5.88. The Balaban J connectivity index is 2.95. The summed E-state index contributed by atoms with van der Waals surface area (Å²) in [6.45, 7) is 3.72. The van der Waals surface area contributed by atoms with Crippen LogP contribution < -0.4 is 5.73 Å². The lowest BCUT2D eigenvalue weighted by Gasteiger charge is -2.17. The fourth-order valence-electron chi connectivity index (χ4n) is 1.78. The predicted molar refractivity (Wildman–Crippen MR) is 64.6 cm³/mol. The lowest BCUT2D eigenvalue weighted by molar-refractivity contribution is -0.123. The van der Waals surface area contributed by atoms with E-state index >= 15 is 0 Å². The van der Waals surface area contributed by atoms with Crippen LogP contribution >= 0.6 is 0 Å². The Labute approximate surface area is 105 Å².